The Kier molecular flexibility index (Phi) is 5.30. The second kappa shape index (κ2) is 7.20. The van der Waals surface area contributed by atoms with Gasteiger partial charge in [-0.1, -0.05) is 45.0 Å². The van der Waals surface area contributed by atoms with E-state index in [0.717, 1.165) is 31.9 Å². The molecule has 0 fully saturated rings. The molecular weight excluding hydrogens is 248 g/mol. The third kappa shape index (κ3) is 4.17. The average molecular weight is 272 g/mol. The van der Waals surface area contributed by atoms with Crippen molar-refractivity contribution in [3.8, 4) is 0 Å². The van der Waals surface area contributed by atoms with Crippen LogP contribution in [0.4, 0.5) is 0 Å². The minimum Gasteiger partial charge on any atom is -0.306 e. The van der Waals surface area contributed by atoms with Crippen molar-refractivity contribution in [3.63, 3.8) is 0 Å². The number of aryl methyl sites for hydroxylation is 1. The van der Waals surface area contributed by atoms with Gasteiger partial charge in [0.1, 0.15) is 12.2 Å². The van der Waals surface area contributed by atoms with Gasteiger partial charge in [-0.3, -0.25) is 0 Å². The molecule has 0 amide bonds. The Morgan fingerprint density at radius 2 is 1.80 bits per heavy atom. The second-order valence-corrected chi connectivity index (χ2v) is 5.53. The van der Waals surface area contributed by atoms with Crippen molar-refractivity contribution in [1.29, 1.82) is 0 Å². The van der Waals surface area contributed by atoms with Crippen molar-refractivity contribution in [2.45, 2.75) is 46.8 Å². The highest BCUT2D eigenvalue weighted by Gasteiger charge is 2.05. The molecule has 20 heavy (non-hydrogen) atoms. The SMILES string of the molecule is CCc1ccc(CNCc2ncnn2CC(C)C)cc1. The van der Waals surface area contributed by atoms with Crippen LogP contribution in [0.5, 0.6) is 0 Å². The zero-order valence-electron chi connectivity index (χ0n) is 12.6. The molecule has 1 N–H and O–H groups in total. The number of aromatic nitrogens is 3. The average Bonchev–Trinajstić information content (AvgIpc) is 2.86. The number of hydrogen-bond donors (Lipinski definition) is 1. The molecule has 1 aromatic carbocycles. The molecule has 0 saturated heterocycles. The van der Waals surface area contributed by atoms with E-state index in [0.29, 0.717) is 5.92 Å². The molecule has 0 aliphatic heterocycles. The van der Waals surface area contributed by atoms with Crippen LogP contribution in [0.1, 0.15) is 37.7 Å². The summed E-state index contributed by atoms with van der Waals surface area (Å²) in [5.74, 6) is 1.58. The second-order valence-electron chi connectivity index (χ2n) is 5.53. The molecule has 0 atom stereocenters. The van der Waals surface area contributed by atoms with Gasteiger partial charge in [-0.25, -0.2) is 9.67 Å². The summed E-state index contributed by atoms with van der Waals surface area (Å²) in [4.78, 5) is 4.32. The molecule has 0 saturated carbocycles. The van der Waals surface area contributed by atoms with E-state index in [4.69, 9.17) is 0 Å². The smallest absolute Gasteiger partial charge is 0.140 e. The lowest BCUT2D eigenvalue weighted by Gasteiger charge is -2.09. The maximum Gasteiger partial charge on any atom is 0.140 e. The molecule has 1 heterocycles. The molecule has 0 radical (unpaired) electrons. The lowest BCUT2D eigenvalue weighted by molar-refractivity contribution is 0.457. The predicted octanol–water partition coefficient (Wildman–Crippen LogP) is 2.79. The molecule has 0 unspecified atom stereocenters. The lowest BCUT2D eigenvalue weighted by atomic mass is 10.1. The highest BCUT2D eigenvalue weighted by atomic mass is 15.3. The van der Waals surface area contributed by atoms with Crippen molar-refractivity contribution in [2.75, 3.05) is 0 Å². The number of rotatable bonds is 7. The first kappa shape index (κ1) is 14.7. The summed E-state index contributed by atoms with van der Waals surface area (Å²) >= 11 is 0. The lowest BCUT2D eigenvalue weighted by Crippen LogP contribution is -2.18. The Bertz CT molecular complexity index is 514. The third-order valence-corrected chi connectivity index (χ3v) is 3.28. The minimum atomic E-state index is 0.581. The molecule has 4 nitrogen and oxygen atoms in total. The largest absolute Gasteiger partial charge is 0.306 e. The summed E-state index contributed by atoms with van der Waals surface area (Å²) in [5.41, 5.74) is 2.68. The van der Waals surface area contributed by atoms with E-state index in [9.17, 15) is 0 Å². The van der Waals surface area contributed by atoms with Crippen molar-refractivity contribution in [1.82, 2.24) is 20.1 Å². The van der Waals surface area contributed by atoms with Gasteiger partial charge in [0.25, 0.3) is 0 Å². The van der Waals surface area contributed by atoms with Gasteiger partial charge in [-0.05, 0) is 23.5 Å². The monoisotopic (exact) mass is 272 g/mol. The molecule has 1 aromatic heterocycles. The Morgan fingerprint density at radius 1 is 1.10 bits per heavy atom. The van der Waals surface area contributed by atoms with Crippen molar-refractivity contribution >= 4 is 0 Å². The predicted molar refractivity (Wildman–Crippen MR) is 81.2 cm³/mol. The Morgan fingerprint density at radius 3 is 2.45 bits per heavy atom. The molecule has 2 rings (SSSR count). The van der Waals surface area contributed by atoms with Gasteiger partial charge in [0.15, 0.2) is 0 Å². The fourth-order valence-electron chi connectivity index (χ4n) is 2.13. The standard InChI is InChI=1S/C16H24N4/c1-4-14-5-7-15(8-6-14)9-17-10-16-18-12-19-20(16)11-13(2)3/h5-8,12-13,17H,4,9-11H2,1-3H3. The quantitative estimate of drug-likeness (QED) is 0.843. The molecule has 108 valence electrons. The summed E-state index contributed by atoms with van der Waals surface area (Å²) in [6.45, 7) is 9.08. The molecular formula is C16H24N4. The van der Waals surface area contributed by atoms with E-state index < -0.39 is 0 Å². The van der Waals surface area contributed by atoms with E-state index in [1.54, 1.807) is 6.33 Å². The van der Waals surface area contributed by atoms with E-state index in [1.165, 1.54) is 11.1 Å². The summed E-state index contributed by atoms with van der Waals surface area (Å²) in [6, 6.07) is 8.76. The highest BCUT2D eigenvalue weighted by molar-refractivity contribution is 5.22. The summed E-state index contributed by atoms with van der Waals surface area (Å²) in [6.07, 6.45) is 2.72. The molecule has 0 bridgehead atoms. The van der Waals surface area contributed by atoms with Crippen molar-refractivity contribution in [3.05, 3.63) is 47.5 Å². The van der Waals surface area contributed by atoms with Gasteiger partial charge >= 0.3 is 0 Å². The first-order valence-electron chi connectivity index (χ1n) is 7.34. The Labute approximate surface area is 121 Å². The number of nitrogens with zero attached hydrogens (tertiary/aromatic N) is 3. The maximum absolute atomic E-state index is 4.32. The van der Waals surface area contributed by atoms with Crippen LogP contribution in [-0.2, 0) is 26.1 Å². The molecule has 0 aliphatic rings. The van der Waals surface area contributed by atoms with Crippen LogP contribution in [0.25, 0.3) is 0 Å². The topological polar surface area (TPSA) is 42.7 Å². The van der Waals surface area contributed by atoms with Crippen LogP contribution in [0.3, 0.4) is 0 Å². The molecule has 4 heteroatoms. The molecule has 0 aliphatic carbocycles. The van der Waals surface area contributed by atoms with E-state index in [1.807, 2.05) is 4.68 Å². The van der Waals surface area contributed by atoms with Crippen LogP contribution in [0, 0.1) is 5.92 Å². The number of benzene rings is 1. The van der Waals surface area contributed by atoms with Gasteiger partial charge in [0.05, 0.1) is 6.54 Å². The van der Waals surface area contributed by atoms with Crippen molar-refractivity contribution in [2.24, 2.45) is 5.92 Å². The van der Waals surface area contributed by atoms with E-state index >= 15 is 0 Å². The van der Waals surface area contributed by atoms with Gasteiger partial charge in [0.2, 0.25) is 0 Å². The number of hydrogen-bond acceptors (Lipinski definition) is 3. The summed E-state index contributed by atoms with van der Waals surface area (Å²) in [7, 11) is 0. The normalized spacial score (nSPS) is 11.2. The zero-order chi connectivity index (χ0) is 14.4. The van der Waals surface area contributed by atoms with E-state index in [2.05, 4.69) is 60.4 Å². The Hall–Kier alpha value is -1.68. The molecule has 0 spiro atoms. The van der Waals surface area contributed by atoms with Gasteiger partial charge < -0.3 is 5.32 Å². The fourth-order valence-corrected chi connectivity index (χ4v) is 2.13. The first-order valence-corrected chi connectivity index (χ1v) is 7.34. The van der Waals surface area contributed by atoms with Gasteiger partial charge in [-0.15, -0.1) is 0 Å². The van der Waals surface area contributed by atoms with E-state index in [-0.39, 0.29) is 0 Å². The van der Waals surface area contributed by atoms with Gasteiger partial charge in [0, 0.05) is 13.1 Å². The van der Waals surface area contributed by atoms with Crippen molar-refractivity contribution < 1.29 is 0 Å². The van der Waals surface area contributed by atoms with Crippen LogP contribution in [-0.4, -0.2) is 14.8 Å². The zero-order valence-corrected chi connectivity index (χ0v) is 12.6. The first-order chi connectivity index (χ1) is 9.69. The fraction of sp³-hybridized carbons (Fsp3) is 0.500. The molecule has 2 aromatic rings. The maximum atomic E-state index is 4.32. The highest BCUT2D eigenvalue weighted by Crippen LogP contribution is 2.05. The number of nitrogens with one attached hydrogen (secondary N) is 1. The third-order valence-electron chi connectivity index (χ3n) is 3.28. The van der Waals surface area contributed by atoms with Crippen LogP contribution < -0.4 is 5.32 Å². The Balaban J connectivity index is 1.84. The van der Waals surface area contributed by atoms with Crippen LogP contribution in [0.15, 0.2) is 30.6 Å². The van der Waals surface area contributed by atoms with Crippen LogP contribution >= 0.6 is 0 Å². The summed E-state index contributed by atoms with van der Waals surface area (Å²) in [5, 5.41) is 7.70. The van der Waals surface area contributed by atoms with Crippen LogP contribution in [0.2, 0.25) is 0 Å². The minimum absolute atomic E-state index is 0.581. The van der Waals surface area contributed by atoms with Gasteiger partial charge in [-0.2, -0.15) is 5.10 Å². The summed E-state index contributed by atoms with van der Waals surface area (Å²) < 4.78 is 1.98.